The number of hydrogen-bond acceptors (Lipinski definition) is 15. The van der Waals surface area contributed by atoms with E-state index in [1.807, 2.05) is 146 Å². The molecule has 91 heavy (non-hydrogen) atoms. The average Bonchev–Trinajstić information content (AvgIpc) is 0.769. The van der Waals surface area contributed by atoms with Crippen LogP contribution in [0, 0.1) is 10.1 Å². The van der Waals surface area contributed by atoms with Gasteiger partial charge in [0.25, 0.3) is 0 Å². The maximum atomic E-state index is 9.84. The Morgan fingerprint density at radius 2 is 0.286 bits per heavy atom. The summed E-state index contributed by atoms with van der Waals surface area (Å²) < 4.78 is 0. The normalized spacial score (nSPS) is 10.9. The summed E-state index contributed by atoms with van der Waals surface area (Å²) in [6.07, 6.45) is 0. The Labute approximate surface area is 550 Å². The smallest absolute Gasteiger partial charge is 0.508 e. The van der Waals surface area contributed by atoms with E-state index in [0.717, 1.165) is 118 Å². The molecule has 0 spiro atoms. The van der Waals surface area contributed by atoms with Gasteiger partial charge in [0.15, 0.2) is 0 Å². The van der Waals surface area contributed by atoms with Crippen molar-refractivity contribution >= 4 is 45.5 Å². The standard InChI is InChI=1S/2C25H24N4.C25H20O4.HNO2.Na/c3*26-21-9-1-17(2-10-21)25(18-3-11-22(27)12-4-18,19-5-13-23(28)14-6-19)20-7-15-24(29)16-8-20;2-1-3;/h2*1-16H,26-29H2;1-16,26-29H;(H,2,3);/q;;;;+1/p-1. The fourth-order valence-corrected chi connectivity index (χ4v) is 11.7. The van der Waals surface area contributed by atoms with Crippen molar-refractivity contribution in [3.8, 4) is 23.0 Å². The van der Waals surface area contributed by atoms with Crippen molar-refractivity contribution in [3.05, 3.63) is 368 Å². The molecule has 0 saturated heterocycles. The summed E-state index contributed by atoms with van der Waals surface area (Å²) in [5.74, 6) is 0.629. The first-order chi connectivity index (χ1) is 43.4. The van der Waals surface area contributed by atoms with Gasteiger partial charge in [-0.2, -0.15) is 0 Å². The topological polar surface area (TPSA) is 342 Å². The number of nitrogens with zero attached hydrogens (tertiary/aromatic N) is 1. The van der Waals surface area contributed by atoms with Crippen LogP contribution in [0.25, 0.3) is 0 Å². The second kappa shape index (κ2) is 29.1. The zero-order valence-corrected chi connectivity index (χ0v) is 51.9. The minimum atomic E-state index is -0.803. The van der Waals surface area contributed by atoms with Crippen molar-refractivity contribution in [1.29, 1.82) is 0 Å². The molecule has 0 bridgehead atoms. The number of aromatic hydroxyl groups is 4. The SMILES string of the molecule is Nc1ccc(C(c2ccc(N)cc2)(c2ccc(N)cc2)c2ccc(N)cc2)cc1.Nc1ccc(C(c2ccc(N)cc2)(c2ccc(N)cc2)c2ccc(N)cc2)cc1.O=N[O-].Oc1ccc(C(c2ccc(O)cc2)(c2ccc(O)cc2)c2ccc(O)cc2)cc1.[Na+]. The average molecular weight is 1210 g/mol. The Balaban J connectivity index is 0.000000171. The number of nitrogens with two attached hydrogens (primary N) is 8. The molecule has 0 amide bonds. The van der Waals surface area contributed by atoms with Crippen molar-refractivity contribution in [2.75, 3.05) is 45.9 Å². The van der Waals surface area contributed by atoms with Gasteiger partial charge in [-0.3, -0.25) is 0 Å². The number of hydrogen-bond donors (Lipinski definition) is 12. The van der Waals surface area contributed by atoms with Gasteiger partial charge in [-0.1, -0.05) is 146 Å². The molecule has 0 unspecified atom stereocenters. The minimum Gasteiger partial charge on any atom is -0.508 e. The Morgan fingerprint density at radius 3 is 0.374 bits per heavy atom. The molecule has 0 saturated carbocycles. The largest absolute Gasteiger partial charge is 1.00 e. The van der Waals surface area contributed by atoms with Crippen LogP contribution < -0.4 is 75.4 Å². The van der Waals surface area contributed by atoms with E-state index in [0.29, 0.717) is 0 Å². The third-order valence-electron chi connectivity index (χ3n) is 16.0. The summed E-state index contributed by atoms with van der Waals surface area (Å²) in [7, 11) is 0. The quantitative estimate of drug-likeness (QED) is 0.0178. The van der Waals surface area contributed by atoms with Crippen LogP contribution in [0.2, 0.25) is 0 Å². The molecule has 0 fully saturated rings. The zero-order valence-electron chi connectivity index (χ0n) is 49.9. The summed E-state index contributed by atoms with van der Waals surface area (Å²) in [5.41, 5.74) is 64.0. The summed E-state index contributed by atoms with van der Waals surface area (Å²) in [4.78, 5) is 8.00. The number of benzene rings is 12. The summed E-state index contributed by atoms with van der Waals surface area (Å²) in [6, 6.07) is 91.7. The van der Waals surface area contributed by atoms with Crippen molar-refractivity contribution in [2.45, 2.75) is 16.2 Å². The molecule has 0 aromatic heterocycles. The summed E-state index contributed by atoms with van der Waals surface area (Å²) in [5, 5.41) is 48.4. The maximum absolute atomic E-state index is 9.84. The Morgan fingerprint density at radius 1 is 0.209 bits per heavy atom. The Bertz CT molecular complexity index is 3260. The fraction of sp³-hybridized carbons (Fsp3) is 0.0400. The van der Waals surface area contributed by atoms with Crippen molar-refractivity contribution < 1.29 is 50.0 Å². The van der Waals surface area contributed by atoms with Crippen molar-refractivity contribution in [2.24, 2.45) is 5.34 Å². The van der Waals surface area contributed by atoms with Crippen LogP contribution in [0.1, 0.15) is 66.8 Å². The molecule has 0 heterocycles. The van der Waals surface area contributed by atoms with Crippen LogP contribution in [0.5, 0.6) is 23.0 Å². The van der Waals surface area contributed by atoms with Crippen LogP contribution >= 0.6 is 0 Å². The molecule has 12 aromatic rings. The molecule has 0 radical (unpaired) electrons. The molecule has 16 heteroatoms. The third kappa shape index (κ3) is 14.2. The predicted octanol–water partition coefficient (Wildman–Crippen LogP) is 10.9. The summed E-state index contributed by atoms with van der Waals surface area (Å²) in [6.45, 7) is 0. The molecule has 0 aliphatic carbocycles. The van der Waals surface area contributed by atoms with E-state index in [2.05, 4.69) is 97.1 Å². The van der Waals surface area contributed by atoms with Crippen molar-refractivity contribution in [1.82, 2.24) is 0 Å². The van der Waals surface area contributed by atoms with E-state index in [4.69, 9.17) is 56.0 Å². The molecule has 12 aromatic carbocycles. The van der Waals surface area contributed by atoms with E-state index in [1.54, 1.807) is 48.5 Å². The van der Waals surface area contributed by atoms with Crippen LogP contribution in [0.3, 0.4) is 0 Å². The Hall–Kier alpha value is -11.4. The van der Waals surface area contributed by atoms with Gasteiger partial charge in [0.1, 0.15) is 23.0 Å². The van der Waals surface area contributed by atoms with Crippen LogP contribution in [-0.2, 0) is 16.2 Å². The van der Waals surface area contributed by atoms with Gasteiger partial charge in [-0.15, -0.1) is 5.34 Å². The molecule has 15 nitrogen and oxygen atoms in total. The molecule has 0 atom stereocenters. The Kier molecular flexibility index (Phi) is 21.0. The predicted molar refractivity (Wildman–Crippen MR) is 365 cm³/mol. The van der Waals surface area contributed by atoms with Gasteiger partial charge in [0, 0.05) is 45.5 Å². The molecule has 12 rings (SSSR count). The number of phenolic OH excluding ortho intramolecular Hbond substituents is 4. The van der Waals surface area contributed by atoms with Gasteiger partial charge in [0.2, 0.25) is 0 Å². The molecule has 0 aliphatic heterocycles. The number of anilines is 8. The van der Waals surface area contributed by atoms with Crippen molar-refractivity contribution in [3.63, 3.8) is 0 Å². The van der Waals surface area contributed by atoms with E-state index < -0.39 is 16.2 Å². The molecular formula is C75H68N9NaO6. The second-order valence-electron chi connectivity index (χ2n) is 21.5. The number of phenols is 4. The van der Waals surface area contributed by atoms with E-state index >= 15 is 0 Å². The number of rotatable bonds is 12. The van der Waals surface area contributed by atoms with E-state index in [-0.39, 0.29) is 52.6 Å². The molecule has 20 N–H and O–H groups in total. The van der Waals surface area contributed by atoms with E-state index in [1.165, 1.54) is 0 Å². The first-order valence-corrected chi connectivity index (χ1v) is 28.4. The molecular weight excluding hydrogens is 1150 g/mol. The van der Waals surface area contributed by atoms with Gasteiger partial charge in [-0.25, -0.2) is 0 Å². The molecule has 0 aliphatic rings. The van der Waals surface area contributed by atoms with Crippen LogP contribution in [0.15, 0.2) is 297 Å². The van der Waals surface area contributed by atoms with Gasteiger partial charge in [0.05, 0.1) is 16.2 Å². The van der Waals surface area contributed by atoms with Gasteiger partial charge in [-0.05, 0) is 212 Å². The second-order valence-corrected chi connectivity index (χ2v) is 21.5. The van der Waals surface area contributed by atoms with Crippen LogP contribution in [-0.4, -0.2) is 20.4 Å². The fourth-order valence-electron chi connectivity index (χ4n) is 11.7. The minimum absolute atomic E-state index is 0. The third-order valence-corrected chi connectivity index (χ3v) is 16.0. The van der Waals surface area contributed by atoms with Gasteiger partial charge >= 0.3 is 29.6 Å². The first-order valence-electron chi connectivity index (χ1n) is 28.4. The number of nitrogen functional groups attached to an aromatic ring is 8. The van der Waals surface area contributed by atoms with Gasteiger partial charge < -0.3 is 76.4 Å². The first kappa shape index (κ1) is 65.6. The monoisotopic (exact) mass is 1210 g/mol. The summed E-state index contributed by atoms with van der Waals surface area (Å²) >= 11 is 0. The van der Waals surface area contributed by atoms with Crippen LogP contribution in [0.4, 0.5) is 45.5 Å². The van der Waals surface area contributed by atoms with E-state index in [9.17, 15) is 20.4 Å². The zero-order chi connectivity index (χ0) is 64.0. The molecule has 450 valence electrons. The maximum Gasteiger partial charge on any atom is 1.00 e.